The standard InChI is InChI=1S/C17H27NS/c1-3-11-18-17(15-10-9-12(4-2)19-15)16-13-7-5-6-8-14(13)16/h9-10,13-14,16-18H,3-8,11H2,1-2H3. The number of aryl methyl sites for hydroxylation is 1. The molecule has 1 nitrogen and oxygen atoms in total. The Labute approximate surface area is 121 Å². The second-order valence-electron chi connectivity index (χ2n) is 6.28. The van der Waals surface area contributed by atoms with Gasteiger partial charge in [-0.25, -0.2) is 0 Å². The topological polar surface area (TPSA) is 12.0 Å². The third-order valence-electron chi connectivity index (χ3n) is 5.06. The molecule has 0 spiro atoms. The van der Waals surface area contributed by atoms with E-state index < -0.39 is 0 Å². The summed E-state index contributed by atoms with van der Waals surface area (Å²) in [4.78, 5) is 3.15. The van der Waals surface area contributed by atoms with Crippen LogP contribution in [0.1, 0.15) is 61.7 Å². The lowest BCUT2D eigenvalue weighted by molar-refractivity contribution is 0.452. The van der Waals surface area contributed by atoms with E-state index in [9.17, 15) is 0 Å². The minimum Gasteiger partial charge on any atom is -0.309 e. The van der Waals surface area contributed by atoms with Crippen LogP contribution in [0.25, 0.3) is 0 Å². The molecule has 0 amide bonds. The van der Waals surface area contributed by atoms with Crippen LogP contribution in [-0.2, 0) is 6.42 Å². The van der Waals surface area contributed by atoms with Crippen molar-refractivity contribution in [2.24, 2.45) is 17.8 Å². The SMILES string of the molecule is CCCNC(c1ccc(CC)s1)C1C2CCCCC21. The van der Waals surface area contributed by atoms with Gasteiger partial charge in [0.25, 0.3) is 0 Å². The van der Waals surface area contributed by atoms with Crippen LogP contribution in [0.4, 0.5) is 0 Å². The first-order valence-electron chi connectivity index (χ1n) is 8.17. The van der Waals surface area contributed by atoms with E-state index in [1.165, 1.54) is 45.1 Å². The van der Waals surface area contributed by atoms with Crippen molar-refractivity contribution in [3.63, 3.8) is 0 Å². The third kappa shape index (κ3) is 2.75. The number of nitrogens with one attached hydrogen (secondary N) is 1. The summed E-state index contributed by atoms with van der Waals surface area (Å²) in [5.41, 5.74) is 0. The van der Waals surface area contributed by atoms with E-state index in [-0.39, 0.29) is 0 Å². The third-order valence-corrected chi connectivity index (χ3v) is 6.37. The molecule has 19 heavy (non-hydrogen) atoms. The van der Waals surface area contributed by atoms with E-state index >= 15 is 0 Å². The summed E-state index contributed by atoms with van der Waals surface area (Å²) in [6.45, 7) is 5.71. The Morgan fingerprint density at radius 3 is 2.53 bits per heavy atom. The van der Waals surface area contributed by atoms with Crippen molar-refractivity contribution in [1.29, 1.82) is 0 Å². The summed E-state index contributed by atoms with van der Waals surface area (Å²) in [6, 6.07) is 5.38. The highest BCUT2D eigenvalue weighted by molar-refractivity contribution is 7.12. The lowest BCUT2D eigenvalue weighted by atomic mass is 10.0. The summed E-state index contributed by atoms with van der Waals surface area (Å²) in [7, 11) is 0. The Balaban J connectivity index is 1.74. The number of fused-ring (bicyclic) bond motifs is 1. The summed E-state index contributed by atoms with van der Waals surface area (Å²) in [5.74, 6) is 3.02. The molecule has 3 unspecified atom stereocenters. The molecule has 1 aromatic rings. The molecular weight excluding hydrogens is 250 g/mol. The first-order valence-corrected chi connectivity index (χ1v) is 8.98. The molecule has 2 aliphatic carbocycles. The number of hydrogen-bond donors (Lipinski definition) is 1. The van der Waals surface area contributed by atoms with Gasteiger partial charge in [0.2, 0.25) is 0 Å². The smallest absolute Gasteiger partial charge is 0.0449 e. The first kappa shape index (κ1) is 13.6. The van der Waals surface area contributed by atoms with Gasteiger partial charge in [-0.2, -0.15) is 0 Å². The second kappa shape index (κ2) is 5.97. The molecule has 0 bridgehead atoms. The Hall–Kier alpha value is -0.340. The lowest BCUT2D eigenvalue weighted by Gasteiger charge is -2.17. The van der Waals surface area contributed by atoms with Crippen molar-refractivity contribution < 1.29 is 0 Å². The fourth-order valence-electron chi connectivity index (χ4n) is 4.02. The van der Waals surface area contributed by atoms with Gasteiger partial charge < -0.3 is 5.32 Å². The van der Waals surface area contributed by atoms with Gasteiger partial charge in [-0.3, -0.25) is 0 Å². The van der Waals surface area contributed by atoms with Gasteiger partial charge in [-0.1, -0.05) is 26.7 Å². The zero-order chi connectivity index (χ0) is 13.2. The minimum absolute atomic E-state index is 0.651. The van der Waals surface area contributed by atoms with Crippen molar-refractivity contribution >= 4 is 11.3 Å². The average molecular weight is 277 g/mol. The van der Waals surface area contributed by atoms with E-state index in [1.807, 2.05) is 11.3 Å². The van der Waals surface area contributed by atoms with E-state index in [1.54, 1.807) is 9.75 Å². The molecule has 0 saturated heterocycles. The molecule has 3 atom stereocenters. The van der Waals surface area contributed by atoms with Crippen LogP contribution in [-0.4, -0.2) is 6.54 Å². The molecule has 1 N–H and O–H groups in total. The Morgan fingerprint density at radius 1 is 1.21 bits per heavy atom. The van der Waals surface area contributed by atoms with Crippen LogP contribution in [0.2, 0.25) is 0 Å². The van der Waals surface area contributed by atoms with Gasteiger partial charge in [0.1, 0.15) is 0 Å². The number of rotatable bonds is 6. The highest BCUT2D eigenvalue weighted by Crippen LogP contribution is 2.60. The Morgan fingerprint density at radius 2 is 1.95 bits per heavy atom. The highest BCUT2D eigenvalue weighted by atomic mass is 32.1. The van der Waals surface area contributed by atoms with Crippen LogP contribution < -0.4 is 5.32 Å². The van der Waals surface area contributed by atoms with Gasteiger partial charge in [0, 0.05) is 15.8 Å². The molecule has 2 saturated carbocycles. The second-order valence-corrected chi connectivity index (χ2v) is 7.48. The summed E-state index contributed by atoms with van der Waals surface area (Å²) in [6.07, 6.45) is 8.36. The van der Waals surface area contributed by atoms with E-state index in [4.69, 9.17) is 0 Å². The predicted octanol–water partition coefficient (Wildman–Crippen LogP) is 4.79. The van der Waals surface area contributed by atoms with Gasteiger partial charge in [0.05, 0.1) is 0 Å². The molecule has 0 radical (unpaired) electrons. The lowest BCUT2D eigenvalue weighted by Crippen LogP contribution is -2.24. The quantitative estimate of drug-likeness (QED) is 0.788. The van der Waals surface area contributed by atoms with E-state index in [0.29, 0.717) is 6.04 Å². The van der Waals surface area contributed by atoms with Crippen molar-refractivity contribution in [1.82, 2.24) is 5.32 Å². The van der Waals surface area contributed by atoms with Crippen LogP contribution in [0, 0.1) is 17.8 Å². The van der Waals surface area contributed by atoms with Crippen molar-refractivity contribution in [2.75, 3.05) is 6.54 Å². The molecule has 1 aromatic heterocycles. The van der Waals surface area contributed by atoms with E-state index in [0.717, 1.165) is 17.8 Å². The van der Waals surface area contributed by atoms with Crippen molar-refractivity contribution in [3.05, 3.63) is 21.9 Å². The maximum atomic E-state index is 3.85. The van der Waals surface area contributed by atoms with Crippen LogP contribution in [0.15, 0.2) is 12.1 Å². The largest absolute Gasteiger partial charge is 0.309 e. The fourth-order valence-corrected chi connectivity index (χ4v) is 5.11. The van der Waals surface area contributed by atoms with Gasteiger partial charge in [-0.15, -0.1) is 11.3 Å². The molecule has 0 aromatic carbocycles. The van der Waals surface area contributed by atoms with E-state index in [2.05, 4.69) is 31.3 Å². The molecular formula is C17H27NS. The van der Waals surface area contributed by atoms with Crippen LogP contribution in [0.3, 0.4) is 0 Å². The van der Waals surface area contributed by atoms with Crippen molar-refractivity contribution in [2.45, 2.75) is 58.4 Å². The Kier molecular flexibility index (Phi) is 4.28. The molecule has 0 aliphatic heterocycles. The fraction of sp³-hybridized carbons (Fsp3) is 0.765. The Bertz CT molecular complexity index is 399. The maximum Gasteiger partial charge on any atom is 0.0449 e. The molecule has 2 heteroatoms. The number of thiophene rings is 1. The molecule has 2 fully saturated rings. The molecule has 106 valence electrons. The molecule has 1 heterocycles. The van der Waals surface area contributed by atoms with Gasteiger partial charge in [-0.05, 0) is 62.1 Å². The van der Waals surface area contributed by atoms with Crippen molar-refractivity contribution in [3.8, 4) is 0 Å². The average Bonchev–Trinajstić information content (AvgIpc) is 2.96. The summed E-state index contributed by atoms with van der Waals surface area (Å²) >= 11 is 2.04. The zero-order valence-electron chi connectivity index (χ0n) is 12.3. The summed E-state index contributed by atoms with van der Waals surface area (Å²) < 4.78 is 0. The summed E-state index contributed by atoms with van der Waals surface area (Å²) in [5, 5.41) is 3.85. The maximum absolute atomic E-state index is 3.85. The molecule has 2 aliphatic rings. The predicted molar refractivity (Wildman–Crippen MR) is 83.7 cm³/mol. The molecule has 3 rings (SSSR count). The zero-order valence-corrected chi connectivity index (χ0v) is 13.1. The number of hydrogen-bond acceptors (Lipinski definition) is 2. The normalized spacial score (nSPS) is 30.9. The highest BCUT2D eigenvalue weighted by Gasteiger charge is 2.54. The van der Waals surface area contributed by atoms with Gasteiger partial charge >= 0.3 is 0 Å². The monoisotopic (exact) mass is 277 g/mol. The van der Waals surface area contributed by atoms with Crippen LogP contribution in [0.5, 0.6) is 0 Å². The first-order chi connectivity index (χ1) is 9.35. The van der Waals surface area contributed by atoms with Crippen LogP contribution >= 0.6 is 11.3 Å². The minimum atomic E-state index is 0.651. The van der Waals surface area contributed by atoms with Gasteiger partial charge in [0.15, 0.2) is 0 Å².